The van der Waals surface area contributed by atoms with Crippen molar-refractivity contribution in [2.75, 3.05) is 53.0 Å². The number of hydrogen-bond acceptors (Lipinski definition) is 8. The molecule has 0 bridgehead atoms. The zero-order chi connectivity index (χ0) is 13.2. The third-order valence-corrected chi connectivity index (χ3v) is 1.89. The highest BCUT2D eigenvalue weighted by Gasteiger charge is 2.06. The molecule has 1 N–H and O–H groups in total. The van der Waals surface area contributed by atoms with Gasteiger partial charge in [-0.05, 0) is 0 Å². The summed E-state index contributed by atoms with van der Waals surface area (Å²) in [4.78, 5) is 11.9. The highest BCUT2D eigenvalue weighted by molar-refractivity contribution is 5.26. The molecule has 8 nitrogen and oxygen atoms in total. The number of nitrogens with one attached hydrogen (secondary N) is 1. The molecule has 0 saturated carbocycles. The van der Waals surface area contributed by atoms with Crippen LogP contribution in [0.15, 0.2) is 0 Å². The SMILES string of the molecule is CNc1nc(OC)nc(OCCOCCOC)n1. The van der Waals surface area contributed by atoms with Gasteiger partial charge in [-0.15, -0.1) is 4.98 Å². The van der Waals surface area contributed by atoms with Crippen LogP contribution >= 0.6 is 0 Å². The smallest absolute Gasteiger partial charge is 0.324 e. The largest absolute Gasteiger partial charge is 0.467 e. The summed E-state index contributed by atoms with van der Waals surface area (Å²) in [6, 6.07) is 0.395. The van der Waals surface area contributed by atoms with E-state index < -0.39 is 0 Å². The van der Waals surface area contributed by atoms with E-state index >= 15 is 0 Å². The summed E-state index contributed by atoms with van der Waals surface area (Å²) in [7, 11) is 4.80. The maximum absolute atomic E-state index is 5.32. The molecule has 1 rings (SSSR count). The first-order chi connectivity index (χ1) is 8.80. The number of hydrogen-bond donors (Lipinski definition) is 1. The van der Waals surface area contributed by atoms with Gasteiger partial charge in [-0.3, -0.25) is 0 Å². The highest BCUT2D eigenvalue weighted by atomic mass is 16.5. The van der Waals surface area contributed by atoms with E-state index in [0.29, 0.717) is 32.4 Å². The Labute approximate surface area is 106 Å². The van der Waals surface area contributed by atoms with Crippen LogP contribution in [0, 0.1) is 0 Å². The van der Waals surface area contributed by atoms with Crippen molar-refractivity contribution >= 4 is 5.95 Å². The molecule has 0 unspecified atom stereocenters. The van der Waals surface area contributed by atoms with Gasteiger partial charge < -0.3 is 24.3 Å². The first kappa shape index (κ1) is 14.4. The number of aromatic nitrogens is 3. The van der Waals surface area contributed by atoms with Gasteiger partial charge in [0.1, 0.15) is 6.61 Å². The maximum atomic E-state index is 5.32. The molecule has 18 heavy (non-hydrogen) atoms. The minimum absolute atomic E-state index is 0.196. The summed E-state index contributed by atoms with van der Waals surface area (Å²) in [5.41, 5.74) is 0. The van der Waals surface area contributed by atoms with Crippen molar-refractivity contribution < 1.29 is 18.9 Å². The topological polar surface area (TPSA) is 87.6 Å². The maximum Gasteiger partial charge on any atom is 0.324 e. The van der Waals surface area contributed by atoms with Crippen LogP contribution in [0.5, 0.6) is 12.0 Å². The van der Waals surface area contributed by atoms with Crippen molar-refractivity contribution in [3.8, 4) is 12.0 Å². The van der Waals surface area contributed by atoms with E-state index in [1.165, 1.54) is 7.11 Å². The molecule has 8 heteroatoms. The number of methoxy groups -OCH3 is 2. The summed E-state index contributed by atoms with van der Waals surface area (Å²) in [6.07, 6.45) is 0. The van der Waals surface area contributed by atoms with Crippen molar-refractivity contribution in [3.05, 3.63) is 0 Å². The van der Waals surface area contributed by atoms with Crippen LogP contribution in [0.4, 0.5) is 5.95 Å². The lowest BCUT2D eigenvalue weighted by Gasteiger charge is -2.07. The predicted octanol–water partition coefficient (Wildman–Crippen LogP) is -0.0363. The molecular weight excluding hydrogens is 240 g/mol. The fraction of sp³-hybridized carbons (Fsp3) is 0.700. The third kappa shape index (κ3) is 5.11. The standard InChI is InChI=1S/C10H18N4O4/c1-11-8-12-9(16-3)14-10(13-8)18-7-6-17-5-4-15-2/h4-7H2,1-3H3,(H,11,12,13,14). The molecule has 0 amide bonds. The minimum Gasteiger partial charge on any atom is -0.467 e. The number of nitrogens with zero attached hydrogens (tertiary/aromatic N) is 3. The monoisotopic (exact) mass is 258 g/mol. The van der Waals surface area contributed by atoms with Crippen molar-refractivity contribution in [2.24, 2.45) is 0 Å². The Morgan fingerprint density at radius 3 is 2.33 bits per heavy atom. The lowest BCUT2D eigenvalue weighted by Crippen LogP contribution is -2.12. The van der Waals surface area contributed by atoms with E-state index in [9.17, 15) is 0 Å². The fourth-order valence-corrected chi connectivity index (χ4v) is 1.04. The first-order valence-electron chi connectivity index (χ1n) is 5.47. The molecule has 0 spiro atoms. The quantitative estimate of drug-likeness (QED) is 0.617. The molecule has 1 aromatic heterocycles. The van der Waals surface area contributed by atoms with Gasteiger partial charge in [-0.1, -0.05) is 0 Å². The van der Waals surface area contributed by atoms with Crippen LogP contribution in [0.1, 0.15) is 0 Å². The van der Waals surface area contributed by atoms with E-state index in [1.54, 1.807) is 14.2 Å². The Balaban J connectivity index is 2.36. The van der Waals surface area contributed by atoms with E-state index in [1.807, 2.05) is 0 Å². The molecule has 0 aliphatic heterocycles. The number of anilines is 1. The van der Waals surface area contributed by atoms with E-state index in [0.717, 1.165) is 0 Å². The Morgan fingerprint density at radius 2 is 1.67 bits per heavy atom. The second kappa shape index (κ2) is 8.43. The zero-order valence-corrected chi connectivity index (χ0v) is 10.8. The van der Waals surface area contributed by atoms with Gasteiger partial charge in [0.25, 0.3) is 0 Å². The molecular formula is C10H18N4O4. The molecule has 0 aliphatic rings. The van der Waals surface area contributed by atoms with Crippen molar-refractivity contribution in [2.45, 2.75) is 0 Å². The van der Waals surface area contributed by atoms with Gasteiger partial charge in [0.05, 0.1) is 26.9 Å². The van der Waals surface area contributed by atoms with Crippen LogP contribution in [0.2, 0.25) is 0 Å². The second-order valence-corrected chi connectivity index (χ2v) is 3.13. The van der Waals surface area contributed by atoms with Gasteiger partial charge in [-0.2, -0.15) is 9.97 Å². The molecule has 102 valence electrons. The summed E-state index contributed by atoms with van der Waals surface area (Å²) in [5, 5.41) is 2.79. The normalized spacial score (nSPS) is 10.2. The fourth-order valence-electron chi connectivity index (χ4n) is 1.04. The molecule has 0 atom stereocenters. The van der Waals surface area contributed by atoms with Crippen molar-refractivity contribution in [1.82, 2.24) is 15.0 Å². The number of ether oxygens (including phenoxy) is 4. The van der Waals surface area contributed by atoms with Crippen LogP contribution in [-0.2, 0) is 9.47 Å². The van der Waals surface area contributed by atoms with Crippen molar-refractivity contribution in [1.29, 1.82) is 0 Å². The lowest BCUT2D eigenvalue weighted by molar-refractivity contribution is 0.0527. The van der Waals surface area contributed by atoms with Crippen molar-refractivity contribution in [3.63, 3.8) is 0 Å². The van der Waals surface area contributed by atoms with Gasteiger partial charge in [0, 0.05) is 14.2 Å². The molecule has 0 saturated heterocycles. The molecule has 0 radical (unpaired) electrons. The molecule has 1 heterocycles. The first-order valence-corrected chi connectivity index (χ1v) is 5.47. The molecule has 0 aliphatic carbocycles. The Morgan fingerprint density at radius 1 is 0.944 bits per heavy atom. The Bertz CT molecular complexity index is 328. The van der Waals surface area contributed by atoms with E-state index in [-0.39, 0.29) is 12.0 Å². The second-order valence-electron chi connectivity index (χ2n) is 3.13. The van der Waals surface area contributed by atoms with Gasteiger partial charge >= 0.3 is 12.0 Å². The summed E-state index contributed by atoms with van der Waals surface area (Å²) in [6.45, 7) is 1.87. The Kier molecular flexibility index (Phi) is 6.74. The summed E-state index contributed by atoms with van der Waals surface area (Å²) >= 11 is 0. The lowest BCUT2D eigenvalue weighted by atomic mass is 10.7. The third-order valence-electron chi connectivity index (χ3n) is 1.89. The molecule has 0 aromatic carbocycles. The highest BCUT2D eigenvalue weighted by Crippen LogP contribution is 2.11. The molecule has 1 aromatic rings. The van der Waals surface area contributed by atoms with Gasteiger partial charge in [0.2, 0.25) is 5.95 Å². The average Bonchev–Trinajstić information content (AvgIpc) is 2.42. The Hall–Kier alpha value is -1.67. The van der Waals surface area contributed by atoms with E-state index in [2.05, 4.69) is 20.3 Å². The average molecular weight is 258 g/mol. The zero-order valence-electron chi connectivity index (χ0n) is 10.8. The van der Waals surface area contributed by atoms with Gasteiger partial charge in [0.15, 0.2) is 0 Å². The van der Waals surface area contributed by atoms with E-state index in [4.69, 9.17) is 18.9 Å². The van der Waals surface area contributed by atoms with Crippen LogP contribution in [0.25, 0.3) is 0 Å². The minimum atomic E-state index is 0.196. The van der Waals surface area contributed by atoms with Crippen LogP contribution < -0.4 is 14.8 Å². The van der Waals surface area contributed by atoms with Crippen LogP contribution in [-0.4, -0.2) is 62.6 Å². The molecule has 0 fully saturated rings. The van der Waals surface area contributed by atoms with Gasteiger partial charge in [-0.25, -0.2) is 0 Å². The summed E-state index contributed by atoms with van der Waals surface area (Å²) < 4.78 is 20.3. The van der Waals surface area contributed by atoms with Crippen LogP contribution in [0.3, 0.4) is 0 Å². The predicted molar refractivity (Wildman–Crippen MR) is 64.1 cm³/mol. The summed E-state index contributed by atoms with van der Waals surface area (Å²) in [5.74, 6) is 0.386. The number of rotatable bonds is 9.